The number of carbonyl (C=O) groups is 3. The molecular weight excluding hydrogens is 901 g/mol. The van der Waals surface area contributed by atoms with E-state index in [2.05, 4.69) is 107 Å². The molecule has 1 fully saturated rings. The van der Waals surface area contributed by atoms with Gasteiger partial charge < -0.3 is 19.7 Å². The molecule has 72 heavy (non-hydrogen) atoms. The Hall–Kier alpha value is -5.39. The van der Waals surface area contributed by atoms with Gasteiger partial charge in [-0.05, 0) is 113 Å². The number of nitrogens with one attached hydrogen (secondary N) is 1. The summed E-state index contributed by atoms with van der Waals surface area (Å²) in [6, 6.07) is 42.1. The van der Waals surface area contributed by atoms with Crippen LogP contribution in [0.3, 0.4) is 0 Å². The van der Waals surface area contributed by atoms with Crippen LogP contribution in [0.5, 0.6) is 0 Å². The molecule has 2 atom stereocenters. The topological polar surface area (TPSA) is 153 Å². The number of ketones is 2. The first-order valence-corrected chi connectivity index (χ1v) is 27.2. The van der Waals surface area contributed by atoms with Crippen LogP contribution in [0.1, 0.15) is 177 Å². The van der Waals surface area contributed by atoms with Crippen molar-refractivity contribution >= 4 is 18.4 Å². The molecule has 4 aromatic rings. The zero-order chi connectivity index (χ0) is 52.3. The highest BCUT2D eigenvalue weighted by molar-refractivity contribution is 5.75. The third-order valence-electron chi connectivity index (χ3n) is 13.4. The molecule has 5 rings (SSSR count). The largest absolute Gasteiger partial charge is 0.313 e. The summed E-state index contributed by atoms with van der Waals surface area (Å²) in [5.74, 6) is 0.870. The van der Waals surface area contributed by atoms with Crippen molar-refractivity contribution in [2.24, 2.45) is 5.92 Å². The highest BCUT2D eigenvalue weighted by atomic mass is 16.6. The summed E-state index contributed by atoms with van der Waals surface area (Å²) in [4.78, 5) is 54.6. The summed E-state index contributed by atoms with van der Waals surface area (Å²) in [6.07, 6.45) is 24.2. The summed E-state index contributed by atoms with van der Waals surface area (Å²) in [6.45, 7) is 9.69. The van der Waals surface area contributed by atoms with Gasteiger partial charge in [-0.2, -0.15) is 0 Å². The number of aryl methyl sites for hydroxylation is 1. The molecule has 11 heteroatoms. The monoisotopic (exact) mass is 991 g/mol. The van der Waals surface area contributed by atoms with Gasteiger partial charge in [-0.15, -0.1) is 0 Å². The number of hydrogen-bond donors (Lipinski definition) is 1. The van der Waals surface area contributed by atoms with E-state index in [0.29, 0.717) is 44.6 Å². The molecule has 2 unspecified atom stereocenters. The molecule has 1 aliphatic heterocycles. The zero-order valence-electron chi connectivity index (χ0n) is 44.2. The lowest BCUT2D eigenvalue weighted by Gasteiger charge is -2.30. The summed E-state index contributed by atoms with van der Waals surface area (Å²) in [5, 5.41) is 26.2. The second-order valence-electron chi connectivity index (χ2n) is 19.8. The van der Waals surface area contributed by atoms with E-state index in [-0.39, 0.29) is 28.0 Å². The maximum atomic E-state index is 12.7. The van der Waals surface area contributed by atoms with Gasteiger partial charge in [0.2, 0.25) is 12.1 Å². The average molecular weight is 991 g/mol. The Bertz CT molecular complexity index is 1850. The first-order valence-electron chi connectivity index (χ1n) is 27.2. The molecule has 396 valence electrons. The van der Waals surface area contributed by atoms with Crippen molar-refractivity contribution in [2.45, 2.75) is 187 Å². The minimum atomic E-state index is -0.883. The number of unbranched alkanes of at least 4 members (excludes halogenated alkanes) is 14. The fourth-order valence-corrected chi connectivity index (χ4v) is 9.51. The highest BCUT2D eigenvalue weighted by Gasteiger charge is 2.47. The molecule has 0 bridgehead atoms. The molecule has 1 saturated heterocycles. The predicted octanol–water partition coefficient (Wildman–Crippen LogP) is 14.2. The normalized spacial score (nSPS) is 15.3. The maximum Gasteiger partial charge on any atom is 0.235 e. The third kappa shape index (κ3) is 31.8. The Balaban J connectivity index is 0.000000411. The van der Waals surface area contributed by atoms with Crippen LogP contribution >= 0.6 is 0 Å². The Morgan fingerprint density at radius 2 is 1.03 bits per heavy atom. The van der Waals surface area contributed by atoms with Crippen molar-refractivity contribution in [2.75, 3.05) is 26.2 Å². The minimum Gasteiger partial charge on any atom is -0.313 e. The summed E-state index contributed by atoms with van der Waals surface area (Å²) < 4.78 is 0. The highest BCUT2D eigenvalue weighted by Crippen LogP contribution is 2.35. The van der Waals surface area contributed by atoms with Crippen LogP contribution in [-0.4, -0.2) is 64.8 Å². The Morgan fingerprint density at radius 3 is 1.51 bits per heavy atom. The summed E-state index contributed by atoms with van der Waals surface area (Å²) >= 11 is 0. The van der Waals surface area contributed by atoms with Crippen LogP contribution in [0, 0.1) is 26.1 Å². The molecular formula is C61H90N4O7. The SMILES string of the molecule is C=O.CC(=O)CCCCCCCCCC1([N+](=O)[O-])CC(Cc2ccccc2)CCN(Cc2ccccc2)C1.CC(=O)CCCCCCCCCC[N+](=O)[O-].c1ccc(CCCCNCc2ccccc2)cc1. The molecule has 1 heterocycles. The number of nitrogens with zero attached hydrogens (tertiary/aromatic N) is 3. The Labute approximate surface area is 433 Å². The second kappa shape index (κ2) is 41.1. The number of benzene rings is 4. The lowest BCUT2D eigenvalue weighted by atomic mass is 9.81. The second-order valence-corrected chi connectivity index (χ2v) is 19.8. The van der Waals surface area contributed by atoms with Gasteiger partial charge in [0.05, 0.1) is 6.54 Å². The maximum absolute atomic E-state index is 12.7. The number of rotatable bonds is 33. The van der Waals surface area contributed by atoms with Gasteiger partial charge in [0.25, 0.3) is 0 Å². The van der Waals surface area contributed by atoms with E-state index in [9.17, 15) is 29.8 Å². The molecule has 1 aliphatic rings. The van der Waals surface area contributed by atoms with E-state index in [1.165, 1.54) is 54.4 Å². The first-order chi connectivity index (χ1) is 35.0. The minimum absolute atomic E-state index is 0.0655. The van der Waals surface area contributed by atoms with Crippen molar-refractivity contribution in [3.8, 4) is 0 Å². The molecule has 0 radical (unpaired) electrons. The lowest BCUT2D eigenvalue weighted by molar-refractivity contribution is -0.574. The van der Waals surface area contributed by atoms with Crippen LogP contribution < -0.4 is 5.32 Å². The molecule has 11 nitrogen and oxygen atoms in total. The Kier molecular flexibility index (Phi) is 35.8. The van der Waals surface area contributed by atoms with Crippen molar-refractivity contribution in [1.29, 1.82) is 0 Å². The van der Waals surface area contributed by atoms with Gasteiger partial charge in [0.1, 0.15) is 18.4 Å². The van der Waals surface area contributed by atoms with Gasteiger partial charge in [-0.25, -0.2) is 0 Å². The summed E-state index contributed by atoms with van der Waals surface area (Å²) in [5.41, 5.74) is 4.43. The van der Waals surface area contributed by atoms with Crippen molar-refractivity contribution in [1.82, 2.24) is 10.2 Å². The molecule has 1 N–H and O–H groups in total. The number of Topliss-reactive ketones (excluding diaryl/α,β-unsaturated/α-hetero) is 2. The van der Waals surface area contributed by atoms with Gasteiger partial charge in [-0.3, -0.25) is 25.1 Å². The van der Waals surface area contributed by atoms with Crippen LogP contribution in [0.15, 0.2) is 121 Å². The number of nitro groups is 2. The standard InChI is InChI=1S/C31H44N2O3.C17H21N.C12H23NO3.CH2O/c1-27(34)15-9-5-3-2-4-6-14-21-31(33(35)36)24-30(23-28-16-10-7-11-17-28)20-22-32(26-31)25-29-18-12-8-13-19-29;1-3-9-16(10-4-1)11-7-8-14-18-15-17-12-5-2-6-13-17;1-12(14)10-8-6-4-2-3-5-7-9-11-13(15)16;1-2/h7-8,10-13,16-19,30H,2-6,9,14-15,20-26H2,1H3;1-6,9-10,12-13,18H,7-8,11,14-15H2;2-11H2,1H3;1H2. The molecule has 0 aliphatic carbocycles. The smallest absolute Gasteiger partial charge is 0.235 e. The van der Waals surface area contributed by atoms with Crippen molar-refractivity contribution < 1.29 is 24.2 Å². The molecule has 4 aromatic carbocycles. The number of carbonyl (C=O) groups excluding carboxylic acids is 3. The van der Waals surface area contributed by atoms with E-state index in [1.54, 1.807) is 13.8 Å². The van der Waals surface area contributed by atoms with Crippen molar-refractivity contribution in [3.63, 3.8) is 0 Å². The van der Waals surface area contributed by atoms with E-state index in [1.807, 2.05) is 31.1 Å². The number of likely N-dealkylation sites (tertiary alicyclic amines) is 1. The predicted molar refractivity (Wildman–Crippen MR) is 295 cm³/mol. The lowest BCUT2D eigenvalue weighted by Crippen LogP contribution is -2.48. The average Bonchev–Trinajstić information content (AvgIpc) is 3.56. The van der Waals surface area contributed by atoms with Crippen LogP contribution in [0.25, 0.3) is 0 Å². The van der Waals surface area contributed by atoms with E-state index < -0.39 is 5.54 Å². The van der Waals surface area contributed by atoms with E-state index in [0.717, 1.165) is 116 Å². The molecule has 0 spiro atoms. The fraction of sp³-hybridized carbons (Fsp3) is 0.557. The van der Waals surface area contributed by atoms with Gasteiger partial charge in [-0.1, -0.05) is 186 Å². The first kappa shape index (κ1) is 62.7. The van der Waals surface area contributed by atoms with Gasteiger partial charge >= 0.3 is 0 Å². The molecule has 0 saturated carbocycles. The van der Waals surface area contributed by atoms with E-state index >= 15 is 0 Å². The van der Waals surface area contributed by atoms with Crippen LogP contribution in [-0.2, 0) is 40.3 Å². The Morgan fingerprint density at radius 1 is 0.583 bits per heavy atom. The quantitative estimate of drug-likeness (QED) is 0.0279. The summed E-state index contributed by atoms with van der Waals surface area (Å²) in [7, 11) is 0. The zero-order valence-corrected chi connectivity index (χ0v) is 44.2. The van der Waals surface area contributed by atoms with Crippen molar-refractivity contribution in [3.05, 3.63) is 164 Å². The molecule has 0 aromatic heterocycles. The van der Waals surface area contributed by atoms with Crippen LogP contribution in [0.2, 0.25) is 0 Å². The van der Waals surface area contributed by atoms with Crippen LogP contribution in [0.4, 0.5) is 0 Å². The van der Waals surface area contributed by atoms with Gasteiger partial charge in [0, 0.05) is 55.0 Å². The molecule has 0 amide bonds. The van der Waals surface area contributed by atoms with Gasteiger partial charge in [0.15, 0.2) is 0 Å². The number of hydrogen-bond acceptors (Lipinski definition) is 9. The third-order valence-corrected chi connectivity index (χ3v) is 13.4. The van der Waals surface area contributed by atoms with E-state index in [4.69, 9.17) is 4.79 Å². The fourth-order valence-electron chi connectivity index (χ4n) is 9.51.